The van der Waals surface area contributed by atoms with E-state index in [0.717, 1.165) is 11.1 Å². The summed E-state index contributed by atoms with van der Waals surface area (Å²) in [6.45, 7) is 0.921. The normalized spacial score (nSPS) is 12.1. The van der Waals surface area contributed by atoms with E-state index in [2.05, 4.69) is 10.9 Å². The van der Waals surface area contributed by atoms with Gasteiger partial charge in [0, 0.05) is 11.1 Å². The molecule has 1 aliphatic heterocycles. The number of hydrogen-bond acceptors (Lipinski definition) is 4. The number of fused-ring (bicyclic) bond motifs is 1. The summed E-state index contributed by atoms with van der Waals surface area (Å²) in [7, 11) is 0. The number of carbonyl (C=O) groups excluding carboxylic acids is 2. The highest BCUT2D eigenvalue weighted by Gasteiger charge is 2.16. The fraction of sp³-hybridized carbons (Fsp3) is 0.130. The highest BCUT2D eigenvalue weighted by molar-refractivity contribution is 6.00. The van der Waals surface area contributed by atoms with Gasteiger partial charge in [0.15, 0.2) is 11.5 Å². The molecule has 0 fully saturated rings. The van der Waals surface area contributed by atoms with Crippen LogP contribution in [0.2, 0.25) is 0 Å². The molecule has 0 saturated heterocycles. The zero-order valence-electron chi connectivity index (χ0n) is 15.7. The fourth-order valence-corrected chi connectivity index (χ4v) is 3.15. The van der Waals surface area contributed by atoms with E-state index < -0.39 is 5.91 Å². The van der Waals surface area contributed by atoms with E-state index in [0.29, 0.717) is 42.3 Å². The summed E-state index contributed by atoms with van der Waals surface area (Å²) in [5.41, 5.74) is 7.82. The van der Waals surface area contributed by atoms with Crippen LogP contribution in [0.15, 0.2) is 72.8 Å². The summed E-state index contributed by atoms with van der Waals surface area (Å²) < 4.78 is 10.9. The van der Waals surface area contributed by atoms with Crippen molar-refractivity contribution in [3.8, 4) is 11.5 Å². The van der Waals surface area contributed by atoms with Crippen LogP contribution >= 0.6 is 0 Å². The summed E-state index contributed by atoms with van der Waals surface area (Å²) in [5, 5.41) is 0. The van der Waals surface area contributed by atoms with Crippen LogP contribution in [0.1, 0.15) is 31.8 Å². The third-order valence-corrected chi connectivity index (χ3v) is 4.59. The van der Waals surface area contributed by atoms with Gasteiger partial charge < -0.3 is 9.47 Å². The van der Waals surface area contributed by atoms with E-state index in [1.807, 2.05) is 42.5 Å². The molecule has 0 atom stereocenters. The van der Waals surface area contributed by atoms with Crippen molar-refractivity contribution in [1.29, 1.82) is 0 Å². The van der Waals surface area contributed by atoms with Crippen molar-refractivity contribution in [3.05, 3.63) is 95.1 Å². The summed E-state index contributed by atoms with van der Waals surface area (Å²) in [5.74, 6) is 0.313. The monoisotopic (exact) mass is 388 g/mol. The van der Waals surface area contributed by atoms with Crippen LogP contribution < -0.4 is 20.3 Å². The second kappa shape index (κ2) is 8.48. The van der Waals surface area contributed by atoms with E-state index >= 15 is 0 Å². The van der Waals surface area contributed by atoms with Crippen molar-refractivity contribution in [2.45, 2.75) is 6.42 Å². The molecule has 0 aliphatic carbocycles. The van der Waals surface area contributed by atoms with Crippen LogP contribution in [0.3, 0.4) is 0 Å². The number of hydrazine groups is 1. The summed E-state index contributed by atoms with van der Waals surface area (Å²) >= 11 is 0. The number of benzene rings is 3. The van der Waals surface area contributed by atoms with Crippen LogP contribution in [0, 0.1) is 0 Å². The lowest BCUT2D eigenvalue weighted by Gasteiger charge is -2.18. The Balaban J connectivity index is 1.43. The van der Waals surface area contributed by atoms with E-state index in [-0.39, 0.29) is 5.91 Å². The second-order valence-corrected chi connectivity index (χ2v) is 6.59. The molecule has 29 heavy (non-hydrogen) atoms. The first-order chi connectivity index (χ1) is 14.2. The molecule has 146 valence electrons. The average Bonchev–Trinajstić information content (AvgIpc) is 2.78. The van der Waals surface area contributed by atoms with Gasteiger partial charge >= 0.3 is 0 Å². The maximum atomic E-state index is 12.7. The van der Waals surface area contributed by atoms with Crippen molar-refractivity contribution in [3.63, 3.8) is 0 Å². The van der Waals surface area contributed by atoms with Crippen LogP contribution in [0.25, 0.3) is 0 Å². The molecule has 0 radical (unpaired) electrons. The topological polar surface area (TPSA) is 76.7 Å². The second-order valence-electron chi connectivity index (χ2n) is 6.59. The van der Waals surface area contributed by atoms with Gasteiger partial charge in [0.1, 0.15) is 13.2 Å². The number of ether oxygens (including phenoxy) is 2. The van der Waals surface area contributed by atoms with E-state index in [9.17, 15) is 9.59 Å². The molecule has 0 spiro atoms. The third-order valence-electron chi connectivity index (χ3n) is 4.59. The minimum Gasteiger partial charge on any atom is -0.486 e. The summed E-state index contributed by atoms with van der Waals surface area (Å²) in [6.07, 6.45) is 0.626. The van der Waals surface area contributed by atoms with Crippen LogP contribution in [-0.2, 0) is 6.42 Å². The highest BCUT2D eigenvalue weighted by Crippen LogP contribution is 2.30. The summed E-state index contributed by atoms with van der Waals surface area (Å²) in [4.78, 5) is 25.1. The third kappa shape index (κ3) is 4.38. The highest BCUT2D eigenvalue weighted by atomic mass is 16.6. The minimum absolute atomic E-state index is 0.368. The zero-order valence-corrected chi connectivity index (χ0v) is 15.7. The Morgan fingerprint density at radius 3 is 2.28 bits per heavy atom. The molecule has 2 amide bonds. The van der Waals surface area contributed by atoms with Gasteiger partial charge in [-0.25, -0.2) is 0 Å². The molecule has 1 aliphatic rings. The van der Waals surface area contributed by atoms with Crippen molar-refractivity contribution in [2.24, 2.45) is 0 Å². The molecule has 0 aromatic heterocycles. The van der Waals surface area contributed by atoms with E-state index in [1.54, 1.807) is 30.3 Å². The zero-order chi connectivity index (χ0) is 20.1. The Labute approximate surface area is 168 Å². The quantitative estimate of drug-likeness (QED) is 0.674. The van der Waals surface area contributed by atoms with Gasteiger partial charge in [-0.3, -0.25) is 20.4 Å². The van der Waals surface area contributed by atoms with Crippen molar-refractivity contribution >= 4 is 11.8 Å². The van der Waals surface area contributed by atoms with Gasteiger partial charge in [-0.15, -0.1) is 0 Å². The molecule has 4 rings (SSSR count). The Morgan fingerprint density at radius 2 is 1.45 bits per heavy atom. The lowest BCUT2D eigenvalue weighted by molar-refractivity contribution is 0.0845. The van der Waals surface area contributed by atoms with Gasteiger partial charge in [-0.1, -0.05) is 48.5 Å². The molecule has 3 aromatic carbocycles. The Bertz CT molecular complexity index is 1030. The first-order valence-corrected chi connectivity index (χ1v) is 9.33. The van der Waals surface area contributed by atoms with Crippen molar-refractivity contribution in [2.75, 3.05) is 13.2 Å². The molecular formula is C23H20N2O4. The predicted octanol–water partition coefficient (Wildman–Crippen LogP) is 3.12. The largest absolute Gasteiger partial charge is 0.486 e. The predicted molar refractivity (Wildman–Crippen MR) is 108 cm³/mol. The molecule has 0 saturated carbocycles. The van der Waals surface area contributed by atoms with Crippen LogP contribution in [0.5, 0.6) is 11.5 Å². The lowest BCUT2D eigenvalue weighted by Crippen LogP contribution is -2.42. The maximum absolute atomic E-state index is 12.7. The van der Waals surface area contributed by atoms with Gasteiger partial charge in [-0.05, 0) is 41.8 Å². The smallest absolute Gasteiger partial charge is 0.269 e. The minimum atomic E-state index is -0.434. The van der Waals surface area contributed by atoms with Crippen LogP contribution in [-0.4, -0.2) is 25.0 Å². The number of amides is 2. The Morgan fingerprint density at radius 1 is 0.759 bits per heavy atom. The Kier molecular flexibility index (Phi) is 5.42. The number of nitrogens with one attached hydrogen (secondary N) is 2. The van der Waals surface area contributed by atoms with Gasteiger partial charge in [0.2, 0.25) is 0 Å². The van der Waals surface area contributed by atoms with E-state index in [4.69, 9.17) is 9.47 Å². The molecular weight excluding hydrogens is 368 g/mol. The Hall–Kier alpha value is -3.80. The number of carbonyl (C=O) groups is 2. The molecule has 6 nitrogen and oxygen atoms in total. The summed E-state index contributed by atoms with van der Waals surface area (Å²) in [6, 6.07) is 22.1. The van der Waals surface area contributed by atoms with Gasteiger partial charge in [0.25, 0.3) is 11.8 Å². The number of rotatable bonds is 4. The average molecular weight is 388 g/mol. The molecule has 2 N–H and O–H groups in total. The maximum Gasteiger partial charge on any atom is 0.269 e. The molecule has 1 heterocycles. The molecule has 6 heteroatoms. The standard InChI is InChI=1S/C23H20N2O4/c26-22(18-10-11-20-21(15-18)29-13-12-28-20)24-25-23(27)19-9-5-4-8-17(19)14-16-6-2-1-3-7-16/h1-11,15H,12-14H2,(H,24,26)(H,25,27). The van der Waals surface area contributed by atoms with Crippen molar-refractivity contribution < 1.29 is 19.1 Å². The van der Waals surface area contributed by atoms with Gasteiger partial charge in [-0.2, -0.15) is 0 Å². The van der Waals surface area contributed by atoms with Crippen LogP contribution in [0.4, 0.5) is 0 Å². The molecule has 0 bridgehead atoms. The number of hydrogen-bond donors (Lipinski definition) is 2. The van der Waals surface area contributed by atoms with Gasteiger partial charge in [0.05, 0.1) is 0 Å². The molecule has 0 unspecified atom stereocenters. The fourth-order valence-electron chi connectivity index (χ4n) is 3.15. The van der Waals surface area contributed by atoms with Crippen molar-refractivity contribution in [1.82, 2.24) is 10.9 Å². The first-order valence-electron chi connectivity index (χ1n) is 9.33. The van der Waals surface area contributed by atoms with E-state index in [1.165, 1.54) is 0 Å². The lowest BCUT2D eigenvalue weighted by atomic mass is 9.99. The SMILES string of the molecule is O=C(NNC(=O)c1ccccc1Cc1ccccc1)c1ccc2c(c1)OCCO2. The first kappa shape index (κ1) is 18.6. The molecule has 3 aromatic rings.